The van der Waals surface area contributed by atoms with Gasteiger partial charge in [0.15, 0.2) is 11.9 Å². The summed E-state index contributed by atoms with van der Waals surface area (Å²) in [6.45, 7) is 0. The van der Waals surface area contributed by atoms with Crippen LogP contribution in [0.1, 0.15) is 36.0 Å². The third-order valence-electron chi connectivity index (χ3n) is 3.58. The van der Waals surface area contributed by atoms with Crippen molar-refractivity contribution in [1.29, 1.82) is 0 Å². The van der Waals surface area contributed by atoms with Crippen molar-refractivity contribution in [3.63, 3.8) is 0 Å². The number of ketones is 2. The van der Waals surface area contributed by atoms with Gasteiger partial charge in [-0.15, -0.1) is 0 Å². The molecule has 1 aliphatic carbocycles. The van der Waals surface area contributed by atoms with Crippen molar-refractivity contribution in [2.24, 2.45) is 0 Å². The van der Waals surface area contributed by atoms with Crippen LogP contribution in [0.2, 0.25) is 0 Å². The summed E-state index contributed by atoms with van der Waals surface area (Å²) in [7, 11) is 0. The Morgan fingerprint density at radius 2 is 1.95 bits per heavy atom. The monoisotopic (exact) mass is 260 g/mol. The van der Waals surface area contributed by atoms with Crippen LogP contribution in [0.4, 0.5) is 4.39 Å². The second kappa shape index (κ2) is 4.61. The predicted molar refractivity (Wildman–Crippen MR) is 66.1 cm³/mol. The summed E-state index contributed by atoms with van der Waals surface area (Å²) >= 11 is 0. The number of carbonyl (C=O) groups excluding carboxylic acids is 2. The minimum atomic E-state index is -0.627. The quantitative estimate of drug-likeness (QED) is 0.768. The number of ether oxygens (including phenoxy) is 1. The Bertz CT molecular complexity index is 572. The molecule has 2 aliphatic rings. The molecule has 4 heteroatoms. The van der Waals surface area contributed by atoms with Gasteiger partial charge in [0.05, 0.1) is 0 Å². The van der Waals surface area contributed by atoms with E-state index in [9.17, 15) is 14.0 Å². The highest BCUT2D eigenvalue weighted by Crippen LogP contribution is 2.35. The number of benzene rings is 1. The molecule has 0 bridgehead atoms. The lowest BCUT2D eigenvalue weighted by Crippen LogP contribution is -2.20. The normalized spacial score (nSPS) is 22.2. The fraction of sp³-hybridized carbons (Fsp3) is 0.333. The first-order valence-corrected chi connectivity index (χ1v) is 6.37. The maximum absolute atomic E-state index is 12.8. The zero-order chi connectivity index (χ0) is 13.4. The van der Waals surface area contributed by atoms with E-state index in [0.717, 1.165) is 12.8 Å². The topological polar surface area (TPSA) is 43.4 Å². The molecular formula is C15H13FO3. The lowest BCUT2D eigenvalue weighted by Gasteiger charge is -2.12. The number of halogens is 1. The Hall–Kier alpha value is -1.97. The molecule has 19 heavy (non-hydrogen) atoms. The van der Waals surface area contributed by atoms with Gasteiger partial charge < -0.3 is 4.74 Å². The summed E-state index contributed by atoms with van der Waals surface area (Å²) < 4.78 is 18.4. The average molecular weight is 260 g/mol. The number of rotatable bonds is 2. The van der Waals surface area contributed by atoms with E-state index in [2.05, 4.69) is 0 Å². The number of hydrogen-bond donors (Lipinski definition) is 0. The number of carbonyl (C=O) groups is 2. The first kappa shape index (κ1) is 12.1. The molecular weight excluding hydrogens is 247 g/mol. The Kier molecular flexibility index (Phi) is 2.93. The minimum Gasteiger partial charge on any atom is -0.486 e. The molecule has 3 rings (SSSR count). The highest BCUT2D eigenvalue weighted by Gasteiger charge is 2.36. The molecule has 0 amide bonds. The van der Waals surface area contributed by atoms with E-state index >= 15 is 0 Å². The summed E-state index contributed by atoms with van der Waals surface area (Å²) in [6.07, 6.45) is 1.78. The summed E-state index contributed by atoms with van der Waals surface area (Å²) in [5, 5.41) is 0. The highest BCUT2D eigenvalue weighted by atomic mass is 19.1. The van der Waals surface area contributed by atoms with Gasteiger partial charge in [-0.3, -0.25) is 9.59 Å². The molecule has 0 spiro atoms. The van der Waals surface area contributed by atoms with Gasteiger partial charge in [0.1, 0.15) is 11.6 Å². The van der Waals surface area contributed by atoms with Gasteiger partial charge in [0.25, 0.3) is 0 Å². The van der Waals surface area contributed by atoms with Crippen molar-refractivity contribution in [1.82, 2.24) is 0 Å². The van der Waals surface area contributed by atoms with Gasteiger partial charge in [-0.1, -0.05) is 0 Å². The van der Waals surface area contributed by atoms with E-state index in [4.69, 9.17) is 4.74 Å². The zero-order valence-corrected chi connectivity index (χ0v) is 10.3. The van der Waals surface area contributed by atoms with E-state index in [1.807, 2.05) is 0 Å². The van der Waals surface area contributed by atoms with Crippen LogP contribution in [-0.2, 0) is 9.53 Å². The standard InChI is InChI=1S/C15H13FO3/c16-10-6-4-9(5-7-10)15(18)14-8-11-12(17)2-1-3-13(11)19-14/h4-7,14H,1-3,8H2. The minimum absolute atomic E-state index is 0.0932. The van der Waals surface area contributed by atoms with Crippen LogP contribution >= 0.6 is 0 Å². The molecule has 1 unspecified atom stereocenters. The predicted octanol–water partition coefficient (Wildman–Crippen LogP) is 2.80. The lowest BCUT2D eigenvalue weighted by molar-refractivity contribution is -0.116. The van der Waals surface area contributed by atoms with E-state index in [1.165, 1.54) is 24.3 Å². The van der Waals surface area contributed by atoms with Crippen LogP contribution in [0.15, 0.2) is 35.6 Å². The second-order valence-electron chi connectivity index (χ2n) is 4.86. The first-order chi connectivity index (χ1) is 9.15. The molecule has 1 aromatic carbocycles. The summed E-state index contributed by atoms with van der Waals surface area (Å²) in [5.41, 5.74) is 1.09. The van der Waals surface area contributed by atoms with Crippen molar-refractivity contribution >= 4 is 11.6 Å². The van der Waals surface area contributed by atoms with Crippen LogP contribution in [0, 0.1) is 5.82 Å². The van der Waals surface area contributed by atoms with Crippen molar-refractivity contribution in [2.45, 2.75) is 31.8 Å². The summed E-state index contributed by atoms with van der Waals surface area (Å²) in [4.78, 5) is 23.9. The third-order valence-corrected chi connectivity index (χ3v) is 3.58. The fourth-order valence-electron chi connectivity index (χ4n) is 2.57. The molecule has 0 saturated heterocycles. The molecule has 3 nitrogen and oxygen atoms in total. The fourth-order valence-corrected chi connectivity index (χ4v) is 2.57. The van der Waals surface area contributed by atoms with Gasteiger partial charge in [-0.25, -0.2) is 4.39 Å². The lowest BCUT2D eigenvalue weighted by atomic mass is 9.93. The average Bonchev–Trinajstić information content (AvgIpc) is 2.84. The number of Topliss-reactive ketones (excluding diaryl/α,β-unsaturated/α-hetero) is 2. The maximum atomic E-state index is 12.8. The van der Waals surface area contributed by atoms with E-state index in [1.54, 1.807) is 0 Å². The molecule has 0 fully saturated rings. The Morgan fingerprint density at radius 1 is 1.21 bits per heavy atom. The number of hydrogen-bond acceptors (Lipinski definition) is 3. The van der Waals surface area contributed by atoms with Crippen molar-refractivity contribution in [2.75, 3.05) is 0 Å². The van der Waals surface area contributed by atoms with Crippen LogP contribution in [-0.4, -0.2) is 17.7 Å². The van der Waals surface area contributed by atoms with E-state index < -0.39 is 6.10 Å². The van der Waals surface area contributed by atoms with Crippen LogP contribution in [0.3, 0.4) is 0 Å². The maximum Gasteiger partial charge on any atom is 0.203 e. The zero-order valence-electron chi connectivity index (χ0n) is 10.3. The van der Waals surface area contributed by atoms with Crippen LogP contribution in [0.5, 0.6) is 0 Å². The Morgan fingerprint density at radius 3 is 2.63 bits per heavy atom. The van der Waals surface area contributed by atoms with Gasteiger partial charge >= 0.3 is 0 Å². The van der Waals surface area contributed by atoms with E-state index in [-0.39, 0.29) is 17.4 Å². The van der Waals surface area contributed by atoms with Gasteiger partial charge in [-0.2, -0.15) is 0 Å². The second-order valence-corrected chi connectivity index (χ2v) is 4.86. The Balaban J connectivity index is 1.77. The molecule has 98 valence electrons. The molecule has 0 saturated carbocycles. The van der Waals surface area contributed by atoms with Gasteiger partial charge in [0, 0.05) is 30.4 Å². The third kappa shape index (κ3) is 2.18. The van der Waals surface area contributed by atoms with Crippen LogP contribution in [0.25, 0.3) is 0 Å². The molecule has 1 aliphatic heterocycles. The van der Waals surface area contributed by atoms with Gasteiger partial charge in [-0.05, 0) is 30.7 Å². The summed E-state index contributed by atoms with van der Waals surface area (Å²) in [6, 6.07) is 5.39. The largest absolute Gasteiger partial charge is 0.486 e. The number of allylic oxidation sites excluding steroid dienone is 1. The molecule has 1 aromatic rings. The first-order valence-electron chi connectivity index (χ1n) is 6.37. The molecule has 0 N–H and O–H groups in total. The molecule has 1 atom stereocenters. The molecule has 0 radical (unpaired) electrons. The van der Waals surface area contributed by atoms with Crippen molar-refractivity contribution in [3.8, 4) is 0 Å². The van der Waals surface area contributed by atoms with Gasteiger partial charge in [0.2, 0.25) is 5.78 Å². The smallest absolute Gasteiger partial charge is 0.203 e. The molecule has 1 heterocycles. The van der Waals surface area contributed by atoms with Crippen LogP contribution < -0.4 is 0 Å². The summed E-state index contributed by atoms with van der Waals surface area (Å²) in [5.74, 6) is 0.200. The van der Waals surface area contributed by atoms with E-state index in [0.29, 0.717) is 29.7 Å². The SMILES string of the molecule is O=C1CCCC2=C1CC(C(=O)c1ccc(F)cc1)O2. The molecule has 0 aromatic heterocycles. The van der Waals surface area contributed by atoms with Crippen molar-refractivity contribution < 1.29 is 18.7 Å². The Labute approximate surface area is 110 Å². The van der Waals surface area contributed by atoms with Crippen molar-refractivity contribution in [3.05, 3.63) is 47.0 Å². The highest BCUT2D eigenvalue weighted by molar-refractivity contribution is 6.03.